The maximum atomic E-state index is 12.6. The van der Waals surface area contributed by atoms with E-state index in [1.165, 1.54) is 46.6 Å². The first-order chi connectivity index (χ1) is 15.1. The Hall–Kier alpha value is -2.18. The zero-order valence-corrected chi connectivity index (χ0v) is 19.3. The van der Waals surface area contributed by atoms with Crippen LogP contribution in [0.2, 0.25) is 0 Å². The highest BCUT2D eigenvalue weighted by molar-refractivity contribution is 5.92. The number of para-hydroxylation sites is 1. The van der Waals surface area contributed by atoms with Crippen LogP contribution < -0.4 is 20.4 Å². The van der Waals surface area contributed by atoms with Gasteiger partial charge in [0.25, 0.3) is 11.8 Å². The van der Waals surface area contributed by atoms with E-state index < -0.39 is 0 Å². The minimum Gasteiger partial charge on any atom is -0.351 e. The molecule has 0 unspecified atom stereocenters. The lowest BCUT2D eigenvalue weighted by Crippen LogP contribution is -3.30. The van der Waals surface area contributed by atoms with Crippen LogP contribution in [0.3, 0.4) is 0 Å². The van der Waals surface area contributed by atoms with E-state index in [9.17, 15) is 9.59 Å². The molecule has 0 bridgehead atoms. The first-order valence-corrected chi connectivity index (χ1v) is 12.1. The fraction of sp³-hybridized carbons (Fsp3) is 0.600. The summed E-state index contributed by atoms with van der Waals surface area (Å²) in [6.07, 6.45) is 9.22. The average Bonchev–Trinajstić information content (AvgIpc) is 2.80. The Kier molecular flexibility index (Phi) is 9.10. The van der Waals surface area contributed by atoms with Crippen molar-refractivity contribution in [2.75, 3.05) is 44.6 Å². The number of carbonyl (C=O) groups is 2. The van der Waals surface area contributed by atoms with Crippen LogP contribution in [0.1, 0.15) is 51.5 Å². The standard InChI is InChI=1S/C25H38N4O2/c1-3-22-11-7-8-12-23(22)27-24(30)19-28-15-17-29(18-16-28)20(2)25(31)26-14-13-21-9-5-4-6-10-21/h7-9,11-12,20H,3-6,10,13-19H2,1-2H3,(H,26,31)(H,27,30)/p+2/t20-/m0/s1. The smallest absolute Gasteiger partial charge is 0.279 e. The largest absolute Gasteiger partial charge is 0.351 e. The van der Waals surface area contributed by atoms with Gasteiger partial charge in [-0.05, 0) is 57.1 Å². The van der Waals surface area contributed by atoms with Crippen LogP contribution in [0.25, 0.3) is 0 Å². The molecule has 0 spiro atoms. The van der Waals surface area contributed by atoms with Gasteiger partial charge >= 0.3 is 0 Å². The van der Waals surface area contributed by atoms with Crippen LogP contribution in [0.4, 0.5) is 5.69 Å². The Morgan fingerprint density at radius 2 is 1.87 bits per heavy atom. The van der Waals surface area contributed by atoms with Crippen molar-refractivity contribution in [3.8, 4) is 0 Å². The SMILES string of the molecule is CCc1ccccc1NC(=O)C[NH+]1CC[NH+]([C@@H](C)C(=O)NCCC2=CCCCC2)CC1. The van der Waals surface area contributed by atoms with E-state index in [4.69, 9.17) is 0 Å². The molecule has 2 amide bonds. The third-order valence-electron chi connectivity index (χ3n) is 6.82. The number of hydrogen-bond acceptors (Lipinski definition) is 2. The molecule has 0 saturated carbocycles. The van der Waals surface area contributed by atoms with Gasteiger partial charge in [0.05, 0.1) is 0 Å². The van der Waals surface area contributed by atoms with Crippen molar-refractivity contribution in [1.29, 1.82) is 0 Å². The van der Waals surface area contributed by atoms with Crippen LogP contribution in [-0.2, 0) is 16.0 Å². The molecule has 1 aromatic carbocycles. The van der Waals surface area contributed by atoms with Gasteiger partial charge in [-0.2, -0.15) is 0 Å². The molecular weight excluding hydrogens is 388 g/mol. The number of aryl methyl sites for hydroxylation is 1. The molecule has 0 radical (unpaired) electrons. The second-order valence-corrected chi connectivity index (χ2v) is 9.01. The number of allylic oxidation sites excluding steroid dienone is 1. The predicted octanol–water partition coefficient (Wildman–Crippen LogP) is 0.366. The number of carbonyl (C=O) groups excluding carboxylic acids is 2. The van der Waals surface area contributed by atoms with Crippen molar-refractivity contribution in [1.82, 2.24) is 5.32 Å². The molecule has 1 heterocycles. The van der Waals surface area contributed by atoms with Crippen LogP contribution in [0.15, 0.2) is 35.9 Å². The minimum absolute atomic E-state index is 0.0351. The monoisotopic (exact) mass is 428 g/mol. The third kappa shape index (κ3) is 7.18. The van der Waals surface area contributed by atoms with E-state index in [1.807, 2.05) is 25.1 Å². The van der Waals surface area contributed by atoms with Gasteiger partial charge in [-0.25, -0.2) is 0 Å². The Morgan fingerprint density at radius 1 is 1.10 bits per heavy atom. The topological polar surface area (TPSA) is 67.1 Å². The summed E-state index contributed by atoms with van der Waals surface area (Å²) in [4.78, 5) is 27.7. The Balaban J connectivity index is 1.36. The maximum absolute atomic E-state index is 12.6. The quantitative estimate of drug-likeness (QED) is 0.429. The second-order valence-electron chi connectivity index (χ2n) is 9.01. The zero-order valence-electron chi connectivity index (χ0n) is 19.3. The first-order valence-electron chi connectivity index (χ1n) is 12.1. The van der Waals surface area contributed by atoms with E-state index in [0.717, 1.165) is 51.3 Å². The summed E-state index contributed by atoms with van der Waals surface area (Å²) in [7, 11) is 0. The predicted molar refractivity (Wildman–Crippen MR) is 124 cm³/mol. The van der Waals surface area contributed by atoms with E-state index in [0.29, 0.717) is 6.54 Å². The molecule has 31 heavy (non-hydrogen) atoms. The Morgan fingerprint density at radius 3 is 2.58 bits per heavy atom. The lowest BCUT2D eigenvalue weighted by molar-refractivity contribution is -1.01. The van der Waals surface area contributed by atoms with Crippen LogP contribution in [-0.4, -0.2) is 57.1 Å². The fourth-order valence-corrected chi connectivity index (χ4v) is 4.72. The maximum Gasteiger partial charge on any atom is 0.279 e. The molecule has 1 atom stereocenters. The van der Waals surface area contributed by atoms with Gasteiger partial charge in [-0.1, -0.05) is 36.8 Å². The number of anilines is 1. The van der Waals surface area contributed by atoms with Crippen LogP contribution in [0.5, 0.6) is 0 Å². The molecule has 1 saturated heterocycles. The van der Waals surface area contributed by atoms with Crippen molar-refractivity contribution in [2.24, 2.45) is 0 Å². The summed E-state index contributed by atoms with van der Waals surface area (Å²) in [5, 5.41) is 6.21. The minimum atomic E-state index is -0.0351. The number of amides is 2. The Labute approximate surface area is 187 Å². The van der Waals surface area contributed by atoms with Crippen molar-refractivity contribution < 1.29 is 19.4 Å². The summed E-state index contributed by atoms with van der Waals surface area (Å²) < 4.78 is 0. The van der Waals surface area contributed by atoms with Gasteiger partial charge in [-0.15, -0.1) is 0 Å². The number of rotatable bonds is 9. The number of benzene rings is 1. The van der Waals surface area contributed by atoms with E-state index >= 15 is 0 Å². The fourth-order valence-electron chi connectivity index (χ4n) is 4.72. The lowest BCUT2D eigenvalue weighted by Gasteiger charge is -2.32. The molecular formula is C25H40N4O2+2. The van der Waals surface area contributed by atoms with Crippen molar-refractivity contribution >= 4 is 17.5 Å². The van der Waals surface area contributed by atoms with Crippen molar-refractivity contribution in [3.05, 3.63) is 41.5 Å². The molecule has 170 valence electrons. The molecule has 6 nitrogen and oxygen atoms in total. The van der Waals surface area contributed by atoms with Crippen molar-refractivity contribution in [3.63, 3.8) is 0 Å². The first kappa shape index (κ1) is 23.5. The second kappa shape index (κ2) is 12.0. The summed E-state index contributed by atoms with van der Waals surface area (Å²) >= 11 is 0. The van der Waals surface area contributed by atoms with E-state index in [2.05, 4.69) is 29.7 Å². The highest BCUT2D eigenvalue weighted by Gasteiger charge is 2.31. The average molecular weight is 429 g/mol. The molecule has 3 rings (SSSR count). The molecule has 2 aliphatic rings. The van der Waals surface area contributed by atoms with Gasteiger partial charge in [0.2, 0.25) is 0 Å². The number of piperazine rings is 1. The highest BCUT2D eigenvalue weighted by Crippen LogP contribution is 2.19. The molecule has 1 aromatic rings. The van der Waals surface area contributed by atoms with Gasteiger partial charge < -0.3 is 20.4 Å². The molecule has 4 N–H and O–H groups in total. The van der Waals surface area contributed by atoms with Gasteiger partial charge in [-0.3, -0.25) is 9.59 Å². The normalized spacial score (nSPS) is 22.3. The summed E-state index contributed by atoms with van der Waals surface area (Å²) in [5.41, 5.74) is 3.59. The number of hydrogen-bond donors (Lipinski definition) is 4. The Bertz CT molecular complexity index is 769. The zero-order chi connectivity index (χ0) is 22.1. The van der Waals surface area contributed by atoms with Crippen LogP contribution in [0, 0.1) is 0 Å². The number of nitrogens with one attached hydrogen (secondary N) is 4. The van der Waals surface area contributed by atoms with Crippen LogP contribution >= 0.6 is 0 Å². The molecule has 0 aromatic heterocycles. The van der Waals surface area contributed by atoms with E-state index in [-0.39, 0.29) is 17.9 Å². The molecule has 1 aliphatic carbocycles. The van der Waals surface area contributed by atoms with Gasteiger partial charge in [0.1, 0.15) is 26.2 Å². The third-order valence-corrected chi connectivity index (χ3v) is 6.82. The van der Waals surface area contributed by atoms with Crippen molar-refractivity contribution in [2.45, 2.75) is 58.4 Å². The lowest BCUT2D eigenvalue weighted by atomic mass is 9.97. The van der Waals surface area contributed by atoms with Gasteiger partial charge in [0.15, 0.2) is 12.6 Å². The summed E-state index contributed by atoms with van der Waals surface area (Å²) in [5.74, 6) is 0.228. The highest BCUT2D eigenvalue weighted by atomic mass is 16.2. The number of quaternary nitrogens is 2. The summed E-state index contributed by atoms with van der Waals surface area (Å²) in [6, 6.07) is 7.96. The molecule has 1 fully saturated rings. The molecule has 1 aliphatic heterocycles. The summed E-state index contributed by atoms with van der Waals surface area (Å²) in [6.45, 7) is 9.06. The van der Waals surface area contributed by atoms with E-state index in [1.54, 1.807) is 0 Å². The molecule has 6 heteroatoms. The van der Waals surface area contributed by atoms with Gasteiger partial charge in [0, 0.05) is 12.2 Å².